The van der Waals surface area contributed by atoms with Gasteiger partial charge in [0.25, 0.3) is 5.56 Å². The first-order chi connectivity index (χ1) is 15.0. The van der Waals surface area contributed by atoms with Crippen molar-refractivity contribution in [2.75, 3.05) is 18.8 Å². The fraction of sp³-hybridized carbons (Fsp3) is 0.364. The Labute approximate surface area is 187 Å². The molecule has 0 spiro atoms. The third kappa shape index (κ3) is 3.65. The number of benzene rings is 1. The summed E-state index contributed by atoms with van der Waals surface area (Å²) in [6, 6.07) is 7.56. The van der Waals surface area contributed by atoms with E-state index in [1.165, 1.54) is 27.1 Å². The Balaban J connectivity index is 1.47. The number of thiophene rings is 1. The van der Waals surface area contributed by atoms with Gasteiger partial charge in [-0.05, 0) is 50.3 Å². The van der Waals surface area contributed by atoms with E-state index in [0.29, 0.717) is 23.9 Å². The van der Waals surface area contributed by atoms with E-state index in [1.54, 1.807) is 15.9 Å². The number of carbonyl (C=O) groups is 2. The molecular formula is C22H22N4O3S2. The highest BCUT2D eigenvalue weighted by molar-refractivity contribution is 7.99. The molecule has 9 heteroatoms. The first-order valence-corrected chi connectivity index (χ1v) is 12.2. The summed E-state index contributed by atoms with van der Waals surface area (Å²) in [7, 11) is 0. The monoisotopic (exact) mass is 454 g/mol. The molecule has 31 heavy (non-hydrogen) atoms. The van der Waals surface area contributed by atoms with Crippen LogP contribution < -0.4 is 10.9 Å². The van der Waals surface area contributed by atoms with Crippen molar-refractivity contribution >= 4 is 45.3 Å². The van der Waals surface area contributed by atoms with Crippen LogP contribution in [0.3, 0.4) is 0 Å². The third-order valence-electron chi connectivity index (χ3n) is 5.69. The molecule has 3 heterocycles. The van der Waals surface area contributed by atoms with Gasteiger partial charge in [-0.15, -0.1) is 11.3 Å². The van der Waals surface area contributed by atoms with E-state index in [0.717, 1.165) is 40.7 Å². The van der Waals surface area contributed by atoms with E-state index in [9.17, 15) is 14.4 Å². The molecule has 0 unspecified atom stereocenters. The van der Waals surface area contributed by atoms with E-state index in [2.05, 4.69) is 5.32 Å². The van der Waals surface area contributed by atoms with Crippen LogP contribution in [0.4, 0.5) is 4.79 Å². The first kappa shape index (κ1) is 20.3. The van der Waals surface area contributed by atoms with Crippen molar-refractivity contribution in [2.45, 2.75) is 37.8 Å². The van der Waals surface area contributed by atoms with Crippen LogP contribution in [0.25, 0.3) is 15.9 Å². The number of hydrogen-bond donors (Lipinski definition) is 1. The van der Waals surface area contributed by atoms with Crippen molar-refractivity contribution in [2.24, 2.45) is 0 Å². The van der Waals surface area contributed by atoms with Crippen LogP contribution in [-0.4, -0.2) is 45.2 Å². The molecule has 160 valence electrons. The molecule has 7 nitrogen and oxygen atoms in total. The fourth-order valence-electron chi connectivity index (χ4n) is 4.11. The van der Waals surface area contributed by atoms with Gasteiger partial charge in [-0.25, -0.2) is 9.78 Å². The molecule has 3 aromatic rings. The highest BCUT2D eigenvalue weighted by atomic mass is 32.2. The fourth-order valence-corrected chi connectivity index (χ4v) is 6.35. The second-order valence-corrected chi connectivity index (χ2v) is 9.96. The highest BCUT2D eigenvalue weighted by Crippen LogP contribution is 2.36. The van der Waals surface area contributed by atoms with E-state index >= 15 is 0 Å². The maximum atomic E-state index is 13.6. The van der Waals surface area contributed by atoms with E-state index in [1.807, 2.05) is 31.2 Å². The molecule has 1 N–H and O–H groups in total. The van der Waals surface area contributed by atoms with Gasteiger partial charge in [0.2, 0.25) is 5.91 Å². The Hall–Kier alpha value is -2.65. The lowest BCUT2D eigenvalue weighted by Gasteiger charge is -2.14. The van der Waals surface area contributed by atoms with Crippen molar-refractivity contribution in [1.29, 1.82) is 0 Å². The van der Waals surface area contributed by atoms with Gasteiger partial charge < -0.3 is 5.32 Å². The number of amides is 3. The second kappa shape index (κ2) is 8.12. The van der Waals surface area contributed by atoms with Crippen LogP contribution in [0.2, 0.25) is 0 Å². The lowest BCUT2D eigenvalue weighted by atomic mass is 10.2. The average molecular weight is 455 g/mol. The van der Waals surface area contributed by atoms with Gasteiger partial charge in [0.05, 0.1) is 17.6 Å². The van der Waals surface area contributed by atoms with Crippen molar-refractivity contribution in [3.05, 3.63) is 50.6 Å². The molecular weight excluding hydrogens is 432 g/mol. The lowest BCUT2D eigenvalue weighted by Crippen LogP contribution is -2.32. The predicted molar refractivity (Wildman–Crippen MR) is 122 cm³/mol. The Bertz CT molecular complexity index is 1230. The minimum atomic E-state index is -0.334. The van der Waals surface area contributed by atoms with Gasteiger partial charge in [0.1, 0.15) is 4.83 Å². The van der Waals surface area contributed by atoms with Crippen LogP contribution in [0, 0.1) is 6.92 Å². The topological polar surface area (TPSA) is 84.3 Å². The number of imide groups is 1. The number of aromatic nitrogens is 2. The summed E-state index contributed by atoms with van der Waals surface area (Å²) in [5.41, 5.74) is 3.10. The Morgan fingerprint density at radius 2 is 1.97 bits per heavy atom. The van der Waals surface area contributed by atoms with Crippen LogP contribution in [0.1, 0.15) is 28.8 Å². The number of nitrogens with zero attached hydrogens (tertiary/aromatic N) is 3. The number of thioether (sulfide) groups is 1. The van der Waals surface area contributed by atoms with E-state index in [4.69, 9.17) is 4.98 Å². The number of fused-ring (bicyclic) bond motifs is 3. The van der Waals surface area contributed by atoms with Gasteiger partial charge >= 0.3 is 6.03 Å². The second-order valence-electron chi connectivity index (χ2n) is 7.81. The van der Waals surface area contributed by atoms with Crippen molar-refractivity contribution in [3.8, 4) is 5.69 Å². The maximum Gasteiger partial charge on any atom is 0.324 e. The summed E-state index contributed by atoms with van der Waals surface area (Å²) < 4.78 is 1.71. The molecule has 0 bridgehead atoms. The summed E-state index contributed by atoms with van der Waals surface area (Å²) in [6.07, 6.45) is 3.69. The zero-order valence-corrected chi connectivity index (χ0v) is 18.8. The Morgan fingerprint density at radius 1 is 1.16 bits per heavy atom. The highest BCUT2D eigenvalue weighted by Gasteiger charge is 2.28. The normalized spacial score (nSPS) is 15.7. The molecule has 0 saturated carbocycles. The van der Waals surface area contributed by atoms with Gasteiger partial charge in [-0.1, -0.05) is 29.5 Å². The number of nitrogens with one attached hydrogen (secondary N) is 1. The molecule has 1 fully saturated rings. The van der Waals surface area contributed by atoms with Crippen molar-refractivity contribution in [3.63, 3.8) is 0 Å². The van der Waals surface area contributed by atoms with E-state index in [-0.39, 0.29) is 24.0 Å². The summed E-state index contributed by atoms with van der Waals surface area (Å²) >= 11 is 3.13. The zero-order valence-electron chi connectivity index (χ0n) is 17.1. The summed E-state index contributed by atoms with van der Waals surface area (Å²) in [4.78, 5) is 45.3. The quantitative estimate of drug-likeness (QED) is 0.267. The maximum absolute atomic E-state index is 13.6. The molecule has 1 aliphatic carbocycles. The van der Waals surface area contributed by atoms with Gasteiger partial charge in [-0.2, -0.15) is 0 Å². The lowest BCUT2D eigenvalue weighted by molar-refractivity contribution is -0.124. The largest absolute Gasteiger partial charge is 0.329 e. The van der Waals surface area contributed by atoms with Gasteiger partial charge in [0, 0.05) is 17.2 Å². The van der Waals surface area contributed by atoms with Gasteiger partial charge in [-0.3, -0.25) is 19.1 Å². The summed E-state index contributed by atoms with van der Waals surface area (Å²) in [6.45, 7) is 2.45. The molecule has 0 atom stereocenters. The van der Waals surface area contributed by atoms with Crippen LogP contribution in [-0.2, 0) is 17.6 Å². The number of carbonyl (C=O) groups excluding carboxylic acids is 2. The van der Waals surface area contributed by atoms with Crippen LogP contribution in [0.5, 0.6) is 0 Å². The molecule has 0 radical (unpaired) electrons. The number of urea groups is 1. The number of hydrogen-bond acceptors (Lipinski definition) is 6. The van der Waals surface area contributed by atoms with Gasteiger partial charge in [0.15, 0.2) is 5.16 Å². The summed E-state index contributed by atoms with van der Waals surface area (Å²) in [5, 5.41) is 3.95. The first-order valence-electron chi connectivity index (χ1n) is 10.4. The number of rotatable bonds is 6. The molecule has 3 amide bonds. The molecule has 2 aliphatic rings. The molecule has 1 saturated heterocycles. The Kier molecular flexibility index (Phi) is 5.31. The zero-order chi connectivity index (χ0) is 21.5. The predicted octanol–water partition coefficient (Wildman–Crippen LogP) is 3.28. The van der Waals surface area contributed by atoms with Crippen LogP contribution >= 0.6 is 23.1 Å². The minimum Gasteiger partial charge on any atom is -0.329 e. The minimum absolute atomic E-state index is 0.00940. The average Bonchev–Trinajstić information content (AvgIpc) is 3.42. The smallest absolute Gasteiger partial charge is 0.324 e. The van der Waals surface area contributed by atoms with E-state index < -0.39 is 0 Å². The van der Waals surface area contributed by atoms with Crippen LogP contribution in [0.15, 0.2) is 34.2 Å². The Morgan fingerprint density at radius 3 is 2.71 bits per heavy atom. The standard InChI is InChI=1S/C22H22N4O3S2/c1-13-6-8-14(9-7-13)26-20(28)18-15-4-2-5-16(15)31-19(18)24-22(26)30-11-3-10-25-17(27)12-23-21(25)29/h6-9H,2-5,10-12H2,1H3,(H,23,29). The molecule has 1 aliphatic heterocycles. The SMILES string of the molecule is Cc1ccc(-n2c(SCCCN3C(=O)CNC3=O)nc3sc4c(c3c2=O)CCC4)cc1. The van der Waals surface area contributed by atoms with Crippen molar-refractivity contribution < 1.29 is 9.59 Å². The summed E-state index contributed by atoms with van der Waals surface area (Å²) in [5.74, 6) is 0.450. The molecule has 5 rings (SSSR count). The molecule has 2 aromatic heterocycles. The molecule has 1 aromatic carbocycles. The number of aryl methyl sites for hydroxylation is 3. The van der Waals surface area contributed by atoms with Crippen molar-refractivity contribution in [1.82, 2.24) is 19.8 Å². The third-order valence-corrected chi connectivity index (χ3v) is 7.91.